The van der Waals surface area contributed by atoms with Crippen LogP contribution >= 0.6 is 0 Å². The molecule has 1 aromatic carbocycles. The van der Waals surface area contributed by atoms with E-state index in [1.807, 2.05) is 31.2 Å². The number of nitrogens with zero attached hydrogens (tertiary/aromatic N) is 1. The number of rotatable bonds is 8. The van der Waals surface area contributed by atoms with E-state index >= 15 is 0 Å². The molecule has 0 radical (unpaired) electrons. The maximum Gasteiger partial charge on any atom is 0.323 e. The Morgan fingerprint density at radius 2 is 2.14 bits per heavy atom. The van der Waals surface area contributed by atoms with E-state index in [-0.39, 0.29) is 24.9 Å². The lowest BCUT2D eigenvalue weighted by Gasteiger charge is -2.20. The molecular weight excluding hydrogens is 270 g/mol. The van der Waals surface area contributed by atoms with Crippen molar-refractivity contribution in [1.29, 1.82) is 0 Å². The fourth-order valence-electron chi connectivity index (χ4n) is 2.19. The van der Waals surface area contributed by atoms with Crippen molar-refractivity contribution in [3.63, 3.8) is 0 Å². The van der Waals surface area contributed by atoms with E-state index in [0.717, 1.165) is 30.6 Å². The summed E-state index contributed by atoms with van der Waals surface area (Å²) in [7, 11) is 0. The summed E-state index contributed by atoms with van der Waals surface area (Å²) in [6.45, 7) is 2.47. The van der Waals surface area contributed by atoms with Crippen LogP contribution in [0.1, 0.15) is 31.7 Å². The molecule has 2 rings (SSSR count). The highest BCUT2D eigenvalue weighted by molar-refractivity contribution is 5.83. The minimum atomic E-state index is -0.963. The number of ether oxygens (including phenoxy) is 1. The van der Waals surface area contributed by atoms with Gasteiger partial charge in [-0.2, -0.15) is 0 Å². The molecule has 0 unspecified atom stereocenters. The Morgan fingerprint density at radius 3 is 2.76 bits per heavy atom. The van der Waals surface area contributed by atoms with Gasteiger partial charge in [0.15, 0.2) is 0 Å². The van der Waals surface area contributed by atoms with Crippen LogP contribution in [0.25, 0.3) is 0 Å². The number of amides is 1. The second-order valence-electron chi connectivity index (χ2n) is 5.32. The molecule has 0 bridgehead atoms. The monoisotopic (exact) mass is 291 g/mol. The Labute approximate surface area is 124 Å². The van der Waals surface area contributed by atoms with Gasteiger partial charge in [0.05, 0.1) is 13.0 Å². The first-order chi connectivity index (χ1) is 10.1. The van der Waals surface area contributed by atoms with Crippen molar-refractivity contribution in [2.24, 2.45) is 0 Å². The van der Waals surface area contributed by atoms with Gasteiger partial charge in [-0.3, -0.25) is 9.59 Å². The Morgan fingerprint density at radius 1 is 1.38 bits per heavy atom. The summed E-state index contributed by atoms with van der Waals surface area (Å²) in [5, 5.41) is 8.90. The maximum absolute atomic E-state index is 12.3. The van der Waals surface area contributed by atoms with Crippen LogP contribution in [0.5, 0.6) is 5.75 Å². The molecule has 1 aliphatic carbocycles. The fourth-order valence-corrected chi connectivity index (χ4v) is 2.19. The smallest absolute Gasteiger partial charge is 0.323 e. The van der Waals surface area contributed by atoms with E-state index in [1.54, 1.807) is 0 Å². The third kappa shape index (κ3) is 4.77. The normalized spacial score (nSPS) is 13.8. The summed E-state index contributed by atoms with van der Waals surface area (Å²) in [4.78, 5) is 24.6. The zero-order valence-corrected chi connectivity index (χ0v) is 12.2. The fraction of sp³-hybridized carbons (Fsp3) is 0.500. The van der Waals surface area contributed by atoms with Crippen LogP contribution in [0.15, 0.2) is 24.3 Å². The average molecular weight is 291 g/mol. The van der Waals surface area contributed by atoms with Crippen LogP contribution in [0.2, 0.25) is 0 Å². The molecule has 114 valence electrons. The minimum absolute atomic E-state index is 0.105. The Kier molecular flexibility index (Phi) is 5.20. The first-order valence-corrected chi connectivity index (χ1v) is 7.33. The van der Waals surface area contributed by atoms with E-state index in [2.05, 4.69) is 0 Å². The molecule has 0 aliphatic heterocycles. The number of carboxylic acids is 1. The maximum atomic E-state index is 12.3. The molecule has 0 saturated heterocycles. The van der Waals surface area contributed by atoms with Crippen molar-refractivity contribution in [1.82, 2.24) is 4.90 Å². The largest absolute Gasteiger partial charge is 0.494 e. The van der Waals surface area contributed by atoms with Crippen LogP contribution in [0.4, 0.5) is 0 Å². The van der Waals surface area contributed by atoms with E-state index < -0.39 is 5.97 Å². The second kappa shape index (κ2) is 7.11. The molecular formula is C16H21NO4. The highest BCUT2D eigenvalue weighted by atomic mass is 16.5. The van der Waals surface area contributed by atoms with Crippen molar-refractivity contribution >= 4 is 11.9 Å². The number of hydrogen-bond acceptors (Lipinski definition) is 3. The molecule has 5 nitrogen and oxygen atoms in total. The first-order valence-electron chi connectivity index (χ1n) is 7.33. The number of aliphatic carboxylic acids is 1. The van der Waals surface area contributed by atoms with Gasteiger partial charge in [-0.15, -0.1) is 0 Å². The van der Waals surface area contributed by atoms with Gasteiger partial charge in [0.1, 0.15) is 12.3 Å². The van der Waals surface area contributed by atoms with Crippen molar-refractivity contribution in [3.8, 4) is 5.75 Å². The van der Waals surface area contributed by atoms with Gasteiger partial charge in [-0.1, -0.05) is 19.1 Å². The van der Waals surface area contributed by atoms with Crippen LogP contribution in [0, 0.1) is 0 Å². The quantitative estimate of drug-likeness (QED) is 0.796. The summed E-state index contributed by atoms with van der Waals surface area (Å²) in [6, 6.07) is 7.53. The molecule has 0 spiro atoms. The van der Waals surface area contributed by atoms with Crippen LogP contribution in [-0.4, -0.2) is 41.1 Å². The van der Waals surface area contributed by atoms with Crippen molar-refractivity contribution in [2.45, 2.75) is 38.6 Å². The van der Waals surface area contributed by atoms with Crippen molar-refractivity contribution < 1.29 is 19.4 Å². The molecule has 1 saturated carbocycles. The highest BCUT2D eigenvalue weighted by Gasteiger charge is 2.33. The number of benzene rings is 1. The van der Waals surface area contributed by atoms with Gasteiger partial charge >= 0.3 is 5.97 Å². The van der Waals surface area contributed by atoms with E-state index in [0.29, 0.717) is 6.61 Å². The molecule has 1 aliphatic rings. The predicted molar refractivity (Wildman–Crippen MR) is 78.3 cm³/mol. The third-order valence-corrected chi connectivity index (χ3v) is 3.34. The highest BCUT2D eigenvalue weighted by Crippen LogP contribution is 2.27. The number of carbonyl (C=O) groups is 2. The zero-order valence-electron chi connectivity index (χ0n) is 12.2. The van der Waals surface area contributed by atoms with Gasteiger partial charge in [-0.05, 0) is 37.0 Å². The van der Waals surface area contributed by atoms with Crippen LogP contribution in [-0.2, 0) is 16.0 Å². The number of carbonyl (C=O) groups excluding carboxylic acids is 1. The van der Waals surface area contributed by atoms with Gasteiger partial charge in [0, 0.05) is 6.04 Å². The number of carboxylic acid groups (broad SMARTS) is 1. The van der Waals surface area contributed by atoms with Crippen LogP contribution < -0.4 is 4.74 Å². The van der Waals surface area contributed by atoms with Crippen LogP contribution in [0.3, 0.4) is 0 Å². The second-order valence-corrected chi connectivity index (χ2v) is 5.32. The molecule has 1 aromatic rings. The zero-order chi connectivity index (χ0) is 15.2. The Hall–Kier alpha value is -2.04. The Bertz CT molecular complexity index is 511. The van der Waals surface area contributed by atoms with Gasteiger partial charge in [-0.25, -0.2) is 0 Å². The number of hydrogen-bond donors (Lipinski definition) is 1. The van der Waals surface area contributed by atoms with Gasteiger partial charge in [0.25, 0.3) is 0 Å². The predicted octanol–water partition coefficient (Wildman–Crippen LogP) is 2.09. The molecule has 21 heavy (non-hydrogen) atoms. The summed E-state index contributed by atoms with van der Waals surface area (Å²) < 4.78 is 5.54. The molecule has 1 amide bonds. The molecule has 0 heterocycles. The first kappa shape index (κ1) is 15.4. The van der Waals surface area contributed by atoms with Crippen molar-refractivity contribution in [2.75, 3.05) is 13.2 Å². The third-order valence-electron chi connectivity index (χ3n) is 3.34. The lowest BCUT2D eigenvalue weighted by molar-refractivity contribution is -0.144. The van der Waals surface area contributed by atoms with Gasteiger partial charge in [0.2, 0.25) is 5.91 Å². The lowest BCUT2D eigenvalue weighted by Crippen LogP contribution is -2.38. The summed E-state index contributed by atoms with van der Waals surface area (Å²) in [6.07, 6.45) is 2.95. The van der Waals surface area contributed by atoms with Gasteiger partial charge < -0.3 is 14.7 Å². The summed E-state index contributed by atoms with van der Waals surface area (Å²) >= 11 is 0. The van der Waals surface area contributed by atoms with E-state index in [4.69, 9.17) is 9.84 Å². The molecule has 1 fully saturated rings. The minimum Gasteiger partial charge on any atom is -0.494 e. The SMILES string of the molecule is CCCOc1cccc(CC(=O)N(CC(=O)O)C2CC2)c1. The standard InChI is InChI=1S/C16H21NO4/c1-2-8-21-14-5-3-4-12(9-14)10-15(18)17(11-16(19)20)13-6-7-13/h3-5,9,13H,2,6-8,10-11H2,1H3,(H,19,20). The summed E-state index contributed by atoms with van der Waals surface area (Å²) in [5.74, 6) is -0.346. The molecule has 0 aromatic heterocycles. The lowest BCUT2D eigenvalue weighted by atomic mass is 10.1. The summed E-state index contributed by atoms with van der Waals surface area (Å²) in [5.41, 5.74) is 0.852. The van der Waals surface area contributed by atoms with Crippen molar-refractivity contribution in [3.05, 3.63) is 29.8 Å². The topological polar surface area (TPSA) is 66.8 Å². The molecule has 1 N–H and O–H groups in total. The Balaban J connectivity index is 1.98. The van der Waals surface area contributed by atoms with E-state index in [1.165, 1.54) is 4.90 Å². The average Bonchev–Trinajstić information content (AvgIpc) is 3.27. The molecule has 5 heteroatoms. The van der Waals surface area contributed by atoms with E-state index in [9.17, 15) is 9.59 Å². The molecule has 0 atom stereocenters.